The highest BCUT2D eigenvalue weighted by atomic mass is 31.2. The molecule has 0 heterocycles. The highest BCUT2D eigenvalue weighted by Crippen LogP contribution is 2.38. The number of esters is 1. The Morgan fingerprint density at radius 3 is 1.26 bits per heavy atom. The number of hydrogen-bond donors (Lipinski definition) is 0. The van der Waals surface area contributed by atoms with Gasteiger partial charge in [0.2, 0.25) is 0 Å². The quantitative estimate of drug-likeness (QED) is 0.0197. The van der Waals surface area contributed by atoms with Crippen LogP contribution in [0.25, 0.3) is 0 Å². The Morgan fingerprint density at radius 2 is 0.846 bits per heavy atom. The Hall–Kier alpha value is -1.28. The molecule has 2 atom stereocenters. The second-order valence-corrected chi connectivity index (χ2v) is 21.3. The molecule has 0 aliphatic rings. The lowest BCUT2D eigenvalue weighted by Crippen LogP contribution is -2.37. The molecule has 0 aromatic carbocycles. The number of allylic oxidation sites excluding steroid dienone is 6. The van der Waals surface area contributed by atoms with E-state index < -0.39 is 13.9 Å². The summed E-state index contributed by atoms with van der Waals surface area (Å²) in [6, 6.07) is 0. The van der Waals surface area contributed by atoms with Gasteiger partial charge < -0.3 is 27.9 Å². The molecular formula is C56H108NO7P. The van der Waals surface area contributed by atoms with Gasteiger partial charge in [-0.1, -0.05) is 217 Å². The molecule has 384 valence electrons. The number of hydrogen-bond acceptors (Lipinski definition) is 7. The molecule has 0 N–H and O–H groups in total. The number of carbonyl (C=O) groups excluding carboxylic acids is 1. The SMILES string of the molecule is CCCCCCC/C=C\C/C=C\CCCCCCCCCCCCCCCCOCC(COP(=O)([O-])OCC[N+](C)(C)C)OC(=O)CCCCCCCCC/C=C\CCCCCCCC. The summed E-state index contributed by atoms with van der Waals surface area (Å²) in [6.07, 6.45) is 60.3. The fourth-order valence-corrected chi connectivity index (χ4v) is 8.60. The topological polar surface area (TPSA) is 94.1 Å². The van der Waals surface area contributed by atoms with Crippen LogP contribution in [0.15, 0.2) is 36.5 Å². The Kier molecular flexibility index (Phi) is 48.2. The van der Waals surface area contributed by atoms with Gasteiger partial charge in [0.15, 0.2) is 0 Å². The molecule has 0 fully saturated rings. The molecule has 0 bridgehead atoms. The molecule has 0 saturated heterocycles. The maximum Gasteiger partial charge on any atom is 0.306 e. The number of rotatable bonds is 52. The van der Waals surface area contributed by atoms with Crippen LogP contribution >= 0.6 is 7.82 Å². The summed E-state index contributed by atoms with van der Waals surface area (Å²) in [5.74, 6) is -0.335. The summed E-state index contributed by atoms with van der Waals surface area (Å²) >= 11 is 0. The molecule has 0 aliphatic carbocycles. The maximum absolute atomic E-state index is 12.8. The summed E-state index contributed by atoms with van der Waals surface area (Å²) < 4.78 is 34.8. The van der Waals surface area contributed by atoms with Crippen LogP contribution in [-0.2, 0) is 27.9 Å². The predicted molar refractivity (Wildman–Crippen MR) is 277 cm³/mol. The first-order valence-electron chi connectivity index (χ1n) is 27.7. The lowest BCUT2D eigenvalue weighted by atomic mass is 10.0. The van der Waals surface area contributed by atoms with Gasteiger partial charge in [-0.25, -0.2) is 0 Å². The Labute approximate surface area is 404 Å². The standard InChI is InChI=1S/C56H108NO7P/c1-6-8-10-12-14-16-18-20-22-24-25-26-27-28-29-30-31-32-34-36-38-40-42-44-46-48-51-61-53-55(54-63-65(59,60)62-52-50-57(3,4)5)64-56(58)49-47-45-43-41-39-37-35-33-23-21-19-17-15-13-11-9-7-2/h18,20-21,23-25,55H,6-17,19,22,26-54H2,1-5H3/b20-18-,23-21-,25-24-. The number of likely N-dealkylation sites (N-methyl/N-ethyl adjacent to an activating group) is 1. The zero-order valence-corrected chi connectivity index (χ0v) is 44.6. The molecule has 65 heavy (non-hydrogen) atoms. The van der Waals surface area contributed by atoms with Crippen LogP contribution in [0.2, 0.25) is 0 Å². The summed E-state index contributed by atoms with van der Waals surface area (Å²) in [5, 5.41) is 0. The highest BCUT2D eigenvalue weighted by molar-refractivity contribution is 7.45. The van der Waals surface area contributed by atoms with Gasteiger partial charge in [0, 0.05) is 13.0 Å². The fourth-order valence-electron chi connectivity index (χ4n) is 7.87. The van der Waals surface area contributed by atoms with E-state index in [0.29, 0.717) is 24.1 Å². The summed E-state index contributed by atoms with van der Waals surface area (Å²) in [6.45, 7) is 5.43. The van der Waals surface area contributed by atoms with E-state index in [0.717, 1.165) is 38.5 Å². The summed E-state index contributed by atoms with van der Waals surface area (Å²) in [5.41, 5.74) is 0. The van der Waals surface area contributed by atoms with E-state index in [1.807, 2.05) is 21.1 Å². The molecule has 0 aliphatic heterocycles. The third kappa shape index (κ3) is 53.5. The van der Waals surface area contributed by atoms with E-state index in [1.54, 1.807) is 0 Å². The summed E-state index contributed by atoms with van der Waals surface area (Å²) in [7, 11) is 1.36. The second kappa shape index (κ2) is 49.2. The molecule has 9 heteroatoms. The second-order valence-electron chi connectivity index (χ2n) is 19.9. The first kappa shape index (κ1) is 63.7. The molecular weight excluding hydrogens is 830 g/mol. The number of quaternary nitrogens is 1. The highest BCUT2D eigenvalue weighted by Gasteiger charge is 2.20. The molecule has 2 unspecified atom stereocenters. The Balaban J connectivity index is 4.05. The van der Waals surface area contributed by atoms with Gasteiger partial charge in [0.1, 0.15) is 19.3 Å². The van der Waals surface area contributed by atoms with Crippen molar-refractivity contribution in [2.75, 3.05) is 54.1 Å². The van der Waals surface area contributed by atoms with Gasteiger partial charge in [0.25, 0.3) is 7.82 Å². The number of ether oxygens (including phenoxy) is 2. The van der Waals surface area contributed by atoms with Gasteiger partial charge in [-0.2, -0.15) is 0 Å². The van der Waals surface area contributed by atoms with Crippen LogP contribution in [0.4, 0.5) is 0 Å². The fraction of sp³-hybridized carbons (Fsp3) is 0.875. The number of phosphoric ester groups is 1. The molecule has 0 amide bonds. The summed E-state index contributed by atoms with van der Waals surface area (Å²) in [4.78, 5) is 25.2. The molecule has 0 aromatic rings. The third-order valence-electron chi connectivity index (χ3n) is 12.2. The zero-order chi connectivity index (χ0) is 47.6. The van der Waals surface area contributed by atoms with Crippen molar-refractivity contribution in [3.05, 3.63) is 36.5 Å². The van der Waals surface area contributed by atoms with E-state index in [-0.39, 0.29) is 25.8 Å². The lowest BCUT2D eigenvalue weighted by molar-refractivity contribution is -0.870. The number of nitrogens with zero attached hydrogens (tertiary/aromatic N) is 1. The molecule has 0 rings (SSSR count). The van der Waals surface area contributed by atoms with Gasteiger partial charge >= 0.3 is 5.97 Å². The van der Waals surface area contributed by atoms with Crippen molar-refractivity contribution in [3.63, 3.8) is 0 Å². The zero-order valence-electron chi connectivity index (χ0n) is 43.7. The molecule has 0 radical (unpaired) electrons. The van der Waals surface area contributed by atoms with Crippen LogP contribution in [0.5, 0.6) is 0 Å². The van der Waals surface area contributed by atoms with Crippen LogP contribution in [0.1, 0.15) is 258 Å². The van der Waals surface area contributed by atoms with Crippen molar-refractivity contribution >= 4 is 13.8 Å². The number of unbranched alkanes of at least 4 members (excludes halogenated alkanes) is 32. The molecule has 0 aromatic heterocycles. The average Bonchev–Trinajstić information content (AvgIpc) is 3.27. The van der Waals surface area contributed by atoms with Crippen molar-refractivity contribution in [2.45, 2.75) is 264 Å². The van der Waals surface area contributed by atoms with Gasteiger partial charge in [-0.15, -0.1) is 0 Å². The van der Waals surface area contributed by atoms with E-state index in [2.05, 4.69) is 50.3 Å². The van der Waals surface area contributed by atoms with Crippen molar-refractivity contribution < 1.29 is 37.3 Å². The minimum Gasteiger partial charge on any atom is -0.756 e. The molecule has 0 saturated carbocycles. The van der Waals surface area contributed by atoms with Gasteiger partial charge in [-0.3, -0.25) is 9.36 Å². The van der Waals surface area contributed by atoms with Gasteiger partial charge in [0.05, 0.1) is 34.4 Å². The molecule has 8 nitrogen and oxygen atoms in total. The predicted octanol–water partition coefficient (Wildman–Crippen LogP) is 16.7. The third-order valence-corrected chi connectivity index (χ3v) is 13.1. The number of phosphoric acid groups is 1. The molecule has 0 spiro atoms. The van der Waals surface area contributed by atoms with Gasteiger partial charge in [-0.05, 0) is 70.6 Å². The minimum atomic E-state index is -4.53. The Morgan fingerprint density at radius 1 is 0.477 bits per heavy atom. The largest absolute Gasteiger partial charge is 0.756 e. The van der Waals surface area contributed by atoms with E-state index in [1.165, 1.54) is 199 Å². The van der Waals surface area contributed by atoms with E-state index in [9.17, 15) is 14.3 Å². The van der Waals surface area contributed by atoms with Crippen LogP contribution in [0, 0.1) is 0 Å². The maximum atomic E-state index is 12.8. The average molecular weight is 938 g/mol. The van der Waals surface area contributed by atoms with E-state index >= 15 is 0 Å². The number of carbonyl (C=O) groups is 1. The van der Waals surface area contributed by atoms with Crippen LogP contribution < -0.4 is 4.89 Å². The van der Waals surface area contributed by atoms with Crippen molar-refractivity contribution in [2.24, 2.45) is 0 Å². The normalized spacial score (nSPS) is 13.8. The monoisotopic (exact) mass is 938 g/mol. The Bertz CT molecular complexity index is 1140. The van der Waals surface area contributed by atoms with Crippen molar-refractivity contribution in [1.82, 2.24) is 0 Å². The van der Waals surface area contributed by atoms with E-state index in [4.69, 9.17) is 18.5 Å². The smallest absolute Gasteiger partial charge is 0.306 e. The van der Waals surface area contributed by atoms with Crippen molar-refractivity contribution in [1.29, 1.82) is 0 Å². The minimum absolute atomic E-state index is 0.0262. The first-order valence-corrected chi connectivity index (χ1v) is 29.2. The van der Waals surface area contributed by atoms with Crippen molar-refractivity contribution in [3.8, 4) is 0 Å². The van der Waals surface area contributed by atoms with Crippen LogP contribution in [0.3, 0.4) is 0 Å². The lowest BCUT2D eigenvalue weighted by Gasteiger charge is -2.28. The first-order chi connectivity index (χ1) is 31.6. The van der Waals surface area contributed by atoms with Crippen LogP contribution in [-0.4, -0.2) is 70.7 Å².